The van der Waals surface area contributed by atoms with E-state index in [1.807, 2.05) is 32.0 Å². The van der Waals surface area contributed by atoms with E-state index < -0.39 is 12.1 Å². The third-order valence-electron chi connectivity index (χ3n) is 4.49. The Balaban J connectivity index is 2.14. The van der Waals surface area contributed by atoms with Crippen molar-refractivity contribution >= 4 is 17.6 Å². The zero-order chi connectivity index (χ0) is 20.7. The Bertz CT molecular complexity index is 802. The van der Waals surface area contributed by atoms with Gasteiger partial charge in [0, 0.05) is 11.8 Å². The molecule has 2 aromatic carbocycles. The van der Waals surface area contributed by atoms with Gasteiger partial charge in [0.25, 0.3) is 5.91 Å². The highest BCUT2D eigenvalue weighted by Gasteiger charge is 2.21. The number of methoxy groups -OCH3 is 2. The van der Waals surface area contributed by atoms with E-state index in [0.717, 1.165) is 29.7 Å². The van der Waals surface area contributed by atoms with Crippen molar-refractivity contribution in [1.82, 2.24) is 0 Å². The lowest BCUT2D eigenvalue weighted by atomic mass is 10.0. The number of rotatable bonds is 8. The van der Waals surface area contributed by atoms with E-state index in [1.54, 1.807) is 13.0 Å². The van der Waals surface area contributed by atoms with Gasteiger partial charge in [0.05, 0.1) is 19.8 Å². The first-order valence-corrected chi connectivity index (χ1v) is 9.29. The highest BCUT2D eigenvalue weighted by molar-refractivity contribution is 5.98. The van der Waals surface area contributed by atoms with E-state index in [2.05, 4.69) is 5.32 Å². The number of nitrogens with one attached hydrogen (secondary N) is 1. The number of hydrogen-bond donors (Lipinski definition) is 1. The standard InChI is InChI=1S/C22H27NO5/c1-6-15-9-8-10-16(7-2)20(15)23-21(24)14(3)28-22(25)17-11-18(26-4)13-19(12-17)27-5/h8-14H,6-7H2,1-5H3,(H,23,24)/t14-/m0/s1. The van der Waals surface area contributed by atoms with Gasteiger partial charge < -0.3 is 19.5 Å². The van der Waals surface area contributed by atoms with E-state index in [1.165, 1.54) is 26.4 Å². The highest BCUT2D eigenvalue weighted by Crippen LogP contribution is 2.25. The molecule has 0 radical (unpaired) electrons. The van der Waals surface area contributed by atoms with Crippen LogP contribution in [0.25, 0.3) is 0 Å². The monoisotopic (exact) mass is 385 g/mol. The SMILES string of the molecule is CCc1cccc(CC)c1NC(=O)[C@H](C)OC(=O)c1cc(OC)cc(OC)c1. The normalized spacial score (nSPS) is 11.5. The maximum atomic E-state index is 12.6. The molecule has 1 atom stereocenters. The summed E-state index contributed by atoms with van der Waals surface area (Å²) in [6.45, 7) is 5.61. The first-order chi connectivity index (χ1) is 13.4. The molecule has 0 aliphatic carbocycles. The van der Waals surface area contributed by atoms with Gasteiger partial charge in [-0.05, 0) is 43.0 Å². The van der Waals surface area contributed by atoms with Crippen LogP contribution in [-0.4, -0.2) is 32.2 Å². The van der Waals surface area contributed by atoms with Crippen LogP contribution < -0.4 is 14.8 Å². The van der Waals surface area contributed by atoms with Gasteiger partial charge in [-0.2, -0.15) is 0 Å². The fourth-order valence-corrected chi connectivity index (χ4v) is 2.84. The summed E-state index contributed by atoms with van der Waals surface area (Å²) in [5.74, 6) is -0.0705. The number of hydrogen-bond acceptors (Lipinski definition) is 5. The largest absolute Gasteiger partial charge is 0.497 e. The van der Waals surface area contributed by atoms with Crippen LogP contribution in [0.2, 0.25) is 0 Å². The molecule has 28 heavy (non-hydrogen) atoms. The Morgan fingerprint density at radius 2 is 1.50 bits per heavy atom. The van der Waals surface area contributed by atoms with Crippen molar-refractivity contribution in [3.05, 3.63) is 53.1 Å². The summed E-state index contributed by atoms with van der Waals surface area (Å²) >= 11 is 0. The van der Waals surface area contributed by atoms with Gasteiger partial charge in [-0.3, -0.25) is 4.79 Å². The van der Waals surface area contributed by atoms with Crippen LogP contribution in [0.15, 0.2) is 36.4 Å². The van der Waals surface area contributed by atoms with Crippen molar-refractivity contribution in [2.24, 2.45) is 0 Å². The number of carbonyl (C=O) groups excluding carboxylic acids is 2. The second kappa shape index (κ2) is 9.78. The Hall–Kier alpha value is -3.02. The smallest absolute Gasteiger partial charge is 0.339 e. The topological polar surface area (TPSA) is 73.9 Å². The van der Waals surface area contributed by atoms with Crippen LogP contribution in [0.1, 0.15) is 42.3 Å². The van der Waals surface area contributed by atoms with Gasteiger partial charge in [-0.1, -0.05) is 32.0 Å². The van der Waals surface area contributed by atoms with Crippen LogP contribution in [0.5, 0.6) is 11.5 Å². The molecule has 0 saturated heterocycles. The second-order valence-electron chi connectivity index (χ2n) is 6.30. The molecule has 0 aliphatic heterocycles. The van der Waals surface area contributed by atoms with Crippen molar-refractivity contribution in [2.45, 2.75) is 39.7 Å². The molecule has 0 heterocycles. The first kappa shape index (κ1) is 21.3. The summed E-state index contributed by atoms with van der Waals surface area (Å²) in [5, 5.41) is 2.92. The summed E-state index contributed by atoms with van der Waals surface area (Å²) in [4.78, 5) is 25.1. The molecule has 6 heteroatoms. The number of para-hydroxylation sites is 1. The number of aryl methyl sites for hydroxylation is 2. The van der Waals surface area contributed by atoms with Crippen molar-refractivity contribution in [1.29, 1.82) is 0 Å². The van der Waals surface area contributed by atoms with Gasteiger partial charge in [0.2, 0.25) is 0 Å². The number of ether oxygens (including phenoxy) is 3. The van der Waals surface area contributed by atoms with Gasteiger partial charge in [0.15, 0.2) is 6.10 Å². The molecule has 0 saturated carbocycles. The Labute approximate surface area is 165 Å². The fraction of sp³-hybridized carbons (Fsp3) is 0.364. The third kappa shape index (κ3) is 5.03. The minimum Gasteiger partial charge on any atom is -0.497 e. The Morgan fingerprint density at radius 3 is 1.96 bits per heavy atom. The molecule has 150 valence electrons. The molecule has 0 spiro atoms. The Morgan fingerprint density at radius 1 is 0.964 bits per heavy atom. The lowest BCUT2D eigenvalue weighted by Gasteiger charge is -2.18. The van der Waals surface area contributed by atoms with Gasteiger partial charge >= 0.3 is 5.97 Å². The average molecular weight is 385 g/mol. The lowest BCUT2D eigenvalue weighted by molar-refractivity contribution is -0.123. The molecule has 0 aliphatic rings. The molecule has 2 aromatic rings. The third-order valence-corrected chi connectivity index (χ3v) is 4.49. The first-order valence-electron chi connectivity index (χ1n) is 9.29. The van der Waals surface area contributed by atoms with Crippen LogP contribution in [0, 0.1) is 0 Å². The predicted octanol–water partition coefficient (Wildman–Crippen LogP) is 4.01. The van der Waals surface area contributed by atoms with E-state index in [4.69, 9.17) is 14.2 Å². The predicted molar refractivity (Wildman–Crippen MR) is 108 cm³/mol. The molecule has 0 unspecified atom stereocenters. The molecule has 1 N–H and O–H groups in total. The van der Waals surface area contributed by atoms with Crippen LogP contribution in [0.4, 0.5) is 5.69 Å². The molecular weight excluding hydrogens is 358 g/mol. The summed E-state index contributed by atoms with van der Waals surface area (Å²) in [7, 11) is 2.99. The molecular formula is C22H27NO5. The van der Waals surface area contributed by atoms with E-state index >= 15 is 0 Å². The summed E-state index contributed by atoms with van der Waals surface area (Å²) in [6.07, 6.45) is 0.627. The molecule has 0 aromatic heterocycles. The number of benzene rings is 2. The number of amides is 1. The minimum atomic E-state index is -0.959. The molecule has 6 nitrogen and oxygen atoms in total. The number of carbonyl (C=O) groups is 2. The number of esters is 1. The van der Waals surface area contributed by atoms with Crippen LogP contribution in [-0.2, 0) is 22.4 Å². The molecule has 1 amide bonds. The van der Waals surface area contributed by atoms with Gasteiger partial charge in [-0.25, -0.2) is 4.79 Å². The van der Waals surface area contributed by atoms with E-state index in [9.17, 15) is 9.59 Å². The molecule has 0 fully saturated rings. The fourth-order valence-electron chi connectivity index (χ4n) is 2.84. The van der Waals surface area contributed by atoms with Crippen molar-refractivity contribution in [3.8, 4) is 11.5 Å². The minimum absolute atomic E-state index is 0.249. The van der Waals surface area contributed by atoms with Crippen molar-refractivity contribution in [2.75, 3.05) is 19.5 Å². The lowest BCUT2D eigenvalue weighted by Crippen LogP contribution is -2.30. The zero-order valence-electron chi connectivity index (χ0n) is 17.0. The van der Waals surface area contributed by atoms with Crippen molar-refractivity contribution < 1.29 is 23.8 Å². The van der Waals surface area contributed by atoms with Crippen molar-refractivity contribution in [3.63, 3.8) is 0 Å². The molecule has 2 rings (SSSR count). The maximum absolute atomic E-state index is 12.6. The summed E-state index contributed by atoms with van der Waals surface area (Å²) < 4.78 is 15.7. The quantitative estimate of drug-likeness (QED) is 0.695. The van der Waals surface area contributed by atoms with E-state index in [-0.39, 0.29) is 11.5 Å². The maximum Gasteiger partial charge on any atom is 0.339 e. The van der Waals surface area contributed by atoms with Gasteiger partial charge in [0.1, 0.15) is 11.5 Å². The second-order valence-corrected chi connectivity index (χ2v) is 6.30. The summed E-state index contributed by atoms with van der Waals surface area (Å²) in [5.41, 5.74) is 3.13. The Kier molecular flexibility index (Phi) is 7.44. The molecule has 0 bridgehead atoms. The van der Waals surface area contributed by atoms with Crippen LogP contribution >= 0.6 is 0 Å². The van der Waals surface area contributed by atoms with Crippen LogP contribution in [0.3, 0.4) is 0 Å². The zero-order valence-corrected chi connectivity index (χ0v) is 17.0. The summed E-state index contributed by atoms with van der Waals surface area (Å²) in [6, 6.07) is 10.7. The van der Waals surface area contributed by atoms with E-state index in [0.29, 0.717) is 11.5 Å². The average Bonchev–Trinajstić information content (AvgIpc) is 2.72. The van der Waals surface area contributed by atoms with Gasteiger partial charge in [-0.15, -0.1) is 0 Å². The number of anilines is 1. The highest BCUT2D eigenvalue weighted by atomic mass is 16.5.